The smallest absolute Gasteiger partial charge is 0.240 e. The van der Waals surface area contributed by atoms with Crippen LogP contribution in [0.15, 0.2) is 58.7 Å². The highest BCUT2D eigenvalue weighted by Gasteiger charge is 2.32. The van der Waals surface area contributed by atoms with Crippen molar-refractivity contribution < 1.29 is 9.59 Å². The van der Waals surface area contributed by atoms with Gasteiger partial charge in [0, 0.05) is 11.4 Å². The Kier molecular flexibility index (Phi) is 6.49. The van der Waals surface area contributed by atoms with Crippen molar-refractivity contribution in [3.8, 4) is 0 Å². The fourth-order valence-electron chi connectivity index (χ4n) is 2.23. The molecule has 0 radical (unpaired) electrons. The molecule has 9 heteroatoms. The number of amidine groups is 1. The van der Waals surface area contributed by atoms with Crippen molar-refractivity contribution in [2.45, 2.75) is 11.7 Å². The summed E-state index contributed by atoms with van der Waals surface area (Å²) in [6.07, 6.45) is 1.57. The van der Waals surface area contributed by atoms with Gasteiger partial charge < -0.3 is 10.6 Å². The average Bonchev–Trinajstić information content (AvgIpc) is 2.98. The normalized spacial score (nSPS) is 18.1. The summed E-state index contributed by atoms with van der Waals surface area (Å²) in [6, 6.07) is 14.2. The number of rotatable bonds is 5. The second kappa shape index (κ2) is 9.03. The van der Waals surface area contributed by atoms with E-state index in [9.17, 15) is 9.59 Å². The number of thioether (sulfide) groups is 1. The predicted molar refractivity (Wildman–Crippen MR) is 111 cm³/mol. The van der Waals surface area contributed by atoms with Crippen LogP contribution in [0.2, 0.25) is 10.0 Å². The predicted octanol–water partition coefficient (Wildman–Crippen LogP) is 3.94. The number of halogens is 2. The van der Waals surface area contributed by atoms with Crippen LogP contribution in [-0.4, -0.2) is 28.4 Å². The first-order chi connectivity index (χ1) is 13.0. The maximum atomic E-state index is 12.2. The third kappa shape index (κ3) is 5.56. The number of carbonyl (C=O) groups is 2. The third-order valence-corrected chi connectivity index (χ3v) is 5.13. The number of amides is 2. The maximum absolute atomic E-state index is 12.2. The third-order valence-electron chi connectivity index (χ3n) is 3.51. The van der Waals surface area contributed by atoms with Gasteiger partial charge in [-0.3, -0.25) is 9.59 Å². The molecule has 1 saturated heterocycles. The fourth-order valence-corrected chi connectivity index (χ4v) is 3.61. The highest BCUT2D eigenvalue weighted by Crippen LogP contribution is 2.27. The Morgan fingerprint density at radius 3 is 2.74 bits per heavy atom. The van der Waals surface area contributed by atoms with Gasteiger partial charge in [0.15, 0.2) is 5.17 Å². The van der Waals surface area contributed by atoms with Gasteiger partial charge in [-0.1, -0.05) is 65.3 Å². The van der Waals surface area contributed by atoms with E-state index in [4.69, 9.17) is 23.2 Å². The molecule has 0 saturated carbocycles. The summed E-state index contributed by atoms with van der Waals surface area (Å²) in [5.41, 5.74) is 1.34. The number of benzene rings is 2. The minimum atomic E-state index is -0.582. The number of nitrogens with zero attached hydrogens (tertiary/aromatic N) is 2. The Balaban J connectivity index is 1.56. The lowest BCUT2D eigenvalue weighted by atomic mass is 10.2. The first-order valence-electron chi connectivity index (χ1n) is 7.90. The molecule has 1 fully saturated rings. The fraction of sp³-hybridized carbons (Fsp3) is 0.111. The van der Waals surface area contributed by atoms with E-state index in [1.165, 1.54) is 6.07 Å². The summed E-state index contributed by atoms with van der Waals surface area (Å²) in [5, 5.41) is 13.8. The Labute approximate surface area is 170 Å². The molecule has 1 atom stereocenters. The van der Waals surface area contributed by atoms with Crippen LogP contribution in [0.5, 0.6) is 0 Å². The number of anilines is 1. The van der Waals surface area contributed by atoms with Crippen molar-refractivity contribution in [1.29, 1.82) is 0 Å². The number of nitrogens with one attached hydrogen (secondary N) is 2. The molecular weight excluding hydrogens is 407 g/mol. The van der Waals surface area contributed by atoms with Gasteiger partial charge in [-0.05, 0) is 23.8 Å². The SMILES string of the molecule is O=C(CC1SC(=N/N=C/c2ccccc2)NC1=O)Nc1ccc(Cl)cc1Cl. The van der Waals surface area contributed by atoms with E-state index >= 15 is 0 Å². The summed E-state index contributed by atoms with van der Waals surface area (Å²) in [5.74, 6) is -0.619. The molecule has 138 valence electrons. The molecule has 0 bridgehead atoms. The van der Waals surface area contributed by atoms with Crippen molar-refractivity contribution in [1.82, 2.24) is 5.32 Å². The van der Waals surface area contributed by atoms with E-state index in [1.807, 2.05) is 30.3 Å². The van der Waals surface area contributed by atoms with Crippen LogP contribution in [0, 0.1) is 0 Å². The zero-order valence-electron chi connectivity index (χ0n) is 13.9. The van der Waals surface area contributed by atoms with E-state index in [0.717, 1.165) is 17.3 Å². The van der Waals surface area contributed by atoms with Gasteiger partial charge >= 0.3 is 0 Å². The van der Waals surface area contributed by atoms with Crippen LogP contribution in [0.1, 0.15) is 12.0 Å². The van der Waals surface area contributed by atoms with Crippen molar-refractivity contribution in [3.05, 3.63) is 64.1 Å². The van der Waals surface area contributed by atoms with Gasteiger partial charge in [-0.15, -0.1) is 5.10 Å². The average molecular weight is 421 g/mol. The molecule has 2 N–H and O–H groups in total. The maximum Gasteiger partial charge on any atom is 0.240 e. The molecule has 2 aromatic carbocycles. The van der Waals surface area contributed by atoms with Gasteiger partial charge in [0.05, 0.1) is 16.9 Å². The monoisotopic (exact) mass is 420 g/mol. The van der Waals surface area contributed by atoms with Crippen LogP contribution >= 0.6 is 35.0 Å². The quantitative estimate of drug-likeness (QED) is 0.567. The molecule has 6 nitrogen and oxygen atoms in total. The van der Waals surface area contributed by atoms with Crippen molar-refractivity contribution >= 4 is 63.8 Å². The molecular formula is C18H14Cl2N4O2S. The zero-order valence-corrected chi connectivity index (χ0v) is 16.2. The Morgan fingerprint density at radius 2 is 2.00 bits per heavy atom. The van der Waals surface area contributed by atoms with E-state index in [1.54, 1.807) is 18.3 Å². The summed E-state index contributed by atoms with van der Waals surface area (Å²) < 4.78 is 0. The largest absolute Gasteiger partial charge is 0.325 e. The van der Waals surface area contributed by atoms with Crippen molar-refractivity contribution in [2.75, 3.05) is 5.32 Å². The van der Waals surface area contributed by atoms with Crippen LogP contribution < -0.4 is 10.6 Å². The summed E-state index contributed by atoms with van der Waals surface area (Å²) in [4.78, 5) is 24.2. The van der Waals surface area contributed by atoms with Crippen molar-refractivity contribution in [2.24, 2.45) is 10.2 Å². The second-order valence-electron chi connectivity index (χ2n) is 5.53. The number of hydrogen-bond donors (Lipinski definition) is 2. The number of hydrogen-bond acceptors (Lipinski definition) is 5. The van der Waals surface area contributed by atoms with Gasteiger partial charge in [0.1, 0.15) is 5.25 Å². The summed E-state index contributed by atoms with van der Waals surface area (Å²) >= 11 is 13.0. The first kappa shape index (κ1) is 19.4. The number of carbonyl (C=O) groups excluding carboxylic acids is 2. The molecule has 1 heterocycles. The molecule has 1 aliphatic heterocycles. The summed E-state index contributed by atoms with van der Waals surface area (Å²) in [6.45, 7) is 0. The highest BCUT2D eigenvalue weighted by molar-refractivity contribution is 8.15. The lowest BCUT2D eigenvalue weighted by Gasteiger charge is -2.09. The van der Waals surface area contributed by atoms with Crippen LogP contribution in [0.3, 0.4) is 0 Å². The lowest BCUT2D eigenvalue weighted by Crippen LogP contribution is -2.28. The van der Waals surface area contributed by atoms with Crippen LogP contribution in [0.25, 0.3) is 0 Å². The van der Waals surface area contributed by atoms with Crippen LogP contribution in [-0.2, 0) is 9.59 Å². The summed E-state index contributed by atoms with van der Waals surface area (Å²) in [7, 11) is 0. The second-order valence-corrected chi connectivity index (χ2v) is 7.57. The highest BCUT2D eigenvalue weighted by atomic mass is 35.5. The van der Waals surface area contributed by atoms with E-state index in [0.29, 0.717) is 20.9 Å². The van der Waals surface area contributed by atoms with Gasteiger partial charge in [-0.2, -0.15) is 5.10 Å². The van der Waals surface area contributed by atoms with Gasteiger partial charge in [0.25, 0.3) is 0 Å². The molecule has 0 spiro atoms. The molecule has 3 rings (SSSR count). The first-order valence-corrected chi connectivity index (χ1v) is 9.53. The Hall–Kier alpha value is -2.35. The standard InChI is InChI=1S/C18H14Cl2N4O2S/c19-12-6-7-14(13(20)8-12)22-16(25)9-15-17(26)23-18(27-15)24-21-10-11-4-2-1-3-5-11/h1-8,10,15H,9H2,(H,22,25)(H,23,24,26)/b21-10+. The molecule has 0 aliphatic carbocycles. The molecule has 1 unspecified atom stereocenters. The molecule has 2 amide bonds. The molecule has 1 aliphatic rings. The van der Waals surface area contributed by atoms with Gasteiger partial charge in [0.2, 0.25) is 11.8 Å². The van der Waals surface area contributed by atoms with Gasteiger partial charge in [-0.25, -0.2) is 0 Å². The van der Waals surface area contributed by atoms with Crippen LogP contribution in [0.4, 0.5) is 5.69 Å². The van der Waals surface area contributed by atoms with E-state index < -0.39 is 5.25 Å². The molecule has 2 aromatic rings. The zero-order chi connectivity index (χ0) is 19.2. The molecule has 27 heavy (non-hydrogen) atoms. The Bertz CT molecular complexity index is 919. The lowest BCUT2D eigenvalue weighted by molar-refractivity contribution is -0.122. The minimum absolute atomic E-state index is 0.0170. The van der Waals surface area contributed by atoms with Crippen molar-refractivity contribution in [3.63, 3.8) is 0 Å². The van der Waals surface area contributed by atoms with E-state index in [2.05, 4.69) is 20.8 Å². The Morgan fingerprint density at radius 1 is 1.22 bits per heavy atom. The minimum Gasteiger partial charge on any atom is -0.325 e. The molecule has 0 aromatic heterocycles. The van der Waals surface area contributed by atoms with E-state index in [-0.39, 0.29) is 18.2 Å². The topological polar surface area (TPSA) is 82.9 Å².